The van der Waals surface area contributed by atoms with Crippen LogP contribution in [0.1, 0.15) is 44.4 Å². The Labute approximate surface area is 149 Å². The molecular weight excluding hydrogens is 317 g/mol. The summed E-state index contributed by atoms with van der Waals surface area (Å²) in [4.78, 5) is 9.50. The zero-order valence-corrected chi connectivity index (χ0v) is 15.7. The standard InChI is InChI=1S/C19H28FN5/c1-5-7-15-12-18-16(13-17(15)20)14(3)25(21-6-2)19(22-18)24-10-8-23(4)9-11-24/h6,12-14H,5,7-11H2,1-4H3/b21-6-. The largest absolute Gasteiger partial charge is 0.338 e. The normalized spacial score (nSPS) is 21.6. The zero-order chi connectivity index (χ0) is 18.0. The molecule has 0 aromatic heterocycles. The summed E-state index contributed by atoms with van der Waals surface area (Å²) >= 11 is 0. The predicted octanol–water partition coefficient (Wildman–Crippen LogP) is 3.40. The van der Waals surface area contributed by atoms with Crippen molar-refractivity contribution in [3.8, 4) is 0 Å². The topological polar surface area (TPSA) is 34.4 Å². The number of hydrazone groups is 1. The van der Waals surface area contributed by atoms with Gasteiger partial charge in [0.25, 0.3) is 0 Å². The number of hydrogen-bond donors (Lipinski definition) is 0. The molecule has 1 atom stereocenters. The van der Waals surface area contributed by atoms with E-state index in [2.05, 4.69) is 35.8 Å². The summed E-state index contributed by atoms with van der Waals surface area (Å²) in [5.74, 6) is 0.742. The summed E-state index contributed by atoms with van der Waals surface area (Å²) in [6.45, 7) is 9.90. The molecule has 136 valence electrons. The van der Waals surface area contributed by atoms with Crippen LogP contribution in [-0.2, 0) is 6.42 Å². The summed E-state index contributed by atoms with van der Waals surface area (Å²) in [7, 11) is 2.14. The molecule has 6 heteroatoms. The van der Waals surface area contributed by atoms with E-state index in [-0.39, 0.29) is 11.9 Å². The molecule has 0 aliphatic carbocycles. The monoisotopic (exact) mass is 345 g/mol. The smallest absolute Gasteiger partial charge is 0.223 e. The second-order valence-corrected chi connectivity index (χ2v) is 6.85. The minimum atomic E-state index is -0.133. The fourth-order valence-electron chi connectivity index (χ4n) is 3.47. The molecule has 0 N–H and O–H groups in total. The van der Waals surface area contributed by atoms with Crippen molar-refractivity contribution in [1.82, 2.24) is 14.8 Å². The number of hydrogen-bond acceptors (Lipinski definition) is 5. The third-order valence-electron chi connectivity index (χ3n) is 4.98. The molecule has 2 aliphatic rings. The molecule has 0 radical (unpaired) electrons. The maximum Gasteiger partial charge on any atom is 0.223 e. The molecule has 1 aromatic rings. The van der Waals surface area contributed by atoms with Crippen molar-refractivity contribution in [2.24, 2.45) is 10.1 Å². The molecule has 1 saturated heterocycles. The van der Waals surface area contributed by atoms with Crippen LogP contribution in [0.4, 0.5) is 10.1 Å². The van der Waals surface area contributed by atoms with Crippen molar-refractivity contribution in [1.29, 1.82) is 0 Å². The van der Waals surface area contributed by atoms with Gasteiger partial charge in [0.1, 0.15) is 5.82 Å². The summed E-state index contributed by atoms with van der Waals surface area (Å²) < 4.78 is 14.4. The zero-order valence-electron chi connectivity index (χ0n) is 15.7. The molecule has 1 fully saturated rings. The van der Waals surface area contributed by atoms with E-state index in [0.717, 1.165) is 61.8 Å². The van der Waals surface area contributed by atoms with Gasteiger partial charge >= 0.3 is 0 Å². The molecule has 0 saturated carbocycles. The first-order valence-corrected chi connectivity index (χ1v) is 9.17. The quantitative estimate of drug-likeness (QED) is 0.788. The van der Waals surface area contributed by atoms with E-state index < -0.39 is 0 Å². The number of rotatable bonds is 3. The first-order chi connectivity index (χ1) is 12.0. The average Bonchev–Trinajstić information content (AvgIpc) is 2.60. The highest BCUT2D eigenvalue weighted by molar-refractivity contribution is 5.86. The van der Waals surface area contributed by atoms with Crippen LogP contribution in [0.5, 0.6) is 0 Å². The van der Waals surface area contributed by atoms with E-state index in [0.29, 0.717) is 0 Å². The lowest BCUT2D eigenvalue weighted by Crippen LogP contribution is -2.52. The van der Waals surface area contributed by atoms with Crippen molar-refractivity contribution in [2.75, 3.05) is 33.2 Å². The fourth-order valence-corrected chi connectivity index (χ4v) is 3.47. The molecule has 1 unspecified atom stereocenters. The van der Waals surface area contributed by atoms with Gasteiger partial charge in [0.05, 0.1) is 11.7 Å². The number of guanidine groups is 1. The maximum atomic E-state index is 14.4. The number of likely N-dealkylation sites (N-methyl/N-ethyl adjacent to an activating group) is 1. The maximum absolute atomic E-state index is 14.4. The van der Waals surface area contributed by atoms with Crippen LogP contribution in [0.3, 0.4) is 0 Å². The van der Waals surface area contributed by atoms with Gasteiger partial charge in [-0.15, -0.1) is 0 Å². The van der Waals surface area contributed by atoms with Crippen LogP contribution in [-0.4, -0.2) is 60.2 Å². The molecule has 0 bridgehead atoms. The van der Waals surface area contributed by atoms with Crippen molar-refractivity contribution in [3.05, 3.63) is 29.1 Å². The van der Waals surface area contributed by atoms with E-state index in [4.69, 9.17) is 4.99 Å². The van der Waals surface area contributed by atoms with Crippen LogP contribution in [0, 0.1) is 5.82 Å². The lowest BCUT2D eigenvalue weighted by molar-refractivity contribution is 0.187. The number of aryl methyl sites for hydroxylation is 1. The molecule has 25 heavy (non-hydrogen) atoms. The lowest BCUT2D eigenvalue weighted by atomic mass is 9.99. The van der Waals surface area contributed by atoms with Crippen LogP contribution >= 0.6 is 0 Å². The van der Waals surface area contributed by atoms with Gasteiger partial charge in [0.15, 0.2) is 0 Å². The Morgan fingerprint density at radius 3 is 2.64 bits per heavy atom. The van der Waals surface area contributed by atoms with Crippen LogP contribution in [0.2, 0.25) is 0 Å². The molecule has 0 spiro atoms. The van der Waals surface area contributed by atoms with E-state index >= 15 is 0 Å². The Morgan fingerprint density at radius 1 is 1.28 bits per heavy atom. The van der Waals surface area contributed by atoms with Gasteiger partial charge in [0.2, 0.25) is 5.96 Å². The van der Waals surface area contributed by atoms with Crippen molar-refractivity contribution in [2.45, 2.75) is 39.7 Å². The fraction of sp³-hybridized carbons (Fsp3) is 0.579. The van der Waals surface area contributed by atoms with Gasteiger partial charge in [-0.2, -0.15) is 5.10 Å². The first kappa shape index (κ1) is 17.9. The van der Waals surface area contributed by atoms with Gasteiger partial charge in [-0.3, -0.25) is 0 Å². The van der Waals surface area contributed by atoms with Crippen molar-refractivity contribution >= 4 is 17.9 Å². The number of nitrogens with zero attached hydrogens (tertiary/aromatic N) is 5. The van der Waals surface area contributed by atoms with Crippen LogP contribution in [0.25, 0.3) is 0 Å². The summed E-state index contributed by atoms with van der Waals surface area (Å²) in [6.07, 6.45) is 3.44. The van der Waals surface area contributed by atoms with E-state index in [1.54, 1.807) is 12.3 Å². The summed E-state index contributed by atoms with van der Waals surface area (Å²) in [5.41, 5.74) is 2.54. The molecule has 0 amide bonds. The van der Waals surface area contributed by atoms with E-state index in [1.165, 1.54) is 0 Å². The van der Waals surface area contributed by atoms with Gasteiger partial charge in [-0.1, -0.05) is 13.3 Å². The SMILES string of the molecule is C/C=N\N1C(N2CCN(C)CC2)=Nc2cc(CCC)c(F)cc2C1C. The third-order valence-corrected chi connectivity index (χ3v) is 4.98. The molecular formula is C19H28FN5. The molecule has 1 aromatic carbocycles. The number of aliphatic imine (C=N–C) groups is 1. The molecule has 5 nitrogen and oxygen atoms in total. The van der Waals surface area contributed by atoms with Crippen LogP contribution in [0.15, 0.2) is 22.2 Å². The lowest BCUT2D eigenvalue weighted by Gasteiger charge is -2.41. The number of benzene rings is 1. The second kappa shape index (κ2) is 7.52. The number of halogens is 1. The average molecular weight is 345 g/mol. The highest BCUT2D eigenvalue weighted by atomic mass is 19.1. The third kappa shape index (κ3) is 3.54. The van der Waals surface area contributed by atoms with E-state index in [1.807, 2.05) is 18.0 Å². The van der Waals surface area contributed by atoms with E-state index in [9.17, 15) is 4.39 Å². The second-order valence-electron chi connectivity index (χ2n) is 6.85. The minimum absolute atomic E-state index is 0.0384. The Kier molecular flexibility index (Phi) is 5.37. The van der Waals surface area contributed by atoms with Gasteiger partial charge in [-0.25, -0.2) is 14.4 Å². The first-order valence-electron chi connectivity index (χ1n) is 9.17. The Morgan fingerprint density at radius 2 is 2.00 bits per heavy atom. The summed E-state index contributed by atoms with van der Waals surface area (Å²) in [6, 6.07) is 3.53. The number of piperazine rings is 1. The predicted molar refractivity (Wildman–Crippen MR) is 101 cm³/mol. The molecule has 2 aliphatic heterocycles. The molecule has 3 rings (SSSR count). The number of fused-ring (bicyclic) bond motifs is 1. The van der Waals surface area contributed by atoms with Gasteiger partial charge in [-0.05, 0) is 45.0 Å². The van der Waals surface area contributed by atoms with Crippen molar-refractivity contribution < 1.29 is 4.39 Å². The minimum Gasteiger partial charge on any atom is -0.338 e. The Balaban J connectivity index is 2.02. The summed E-state index contributed by atoms with van der Waals surface area (Å²) in [5, 5.41) is 6.45. The van der Waals surface area contributed by atoms with Crippen LogP contribution < -0.4 is 0 Å². The van der Waals surface area contributed by atoms with Gasteiger partial charge in [0, 0.05) is 38.0 Å². The van der Waals surface area contributed by atoms with Gasteiger partial charge < -0.3 is 9.80 Å². The Hall–Kier alpha value is -1.95. The van der Waals surface area contributed by atoms with Crippen molar-refractivity contribution in [3.63, 3.8) is 0 Å². The highest BCUT2D eigenvalue weighted by Gasteiger charge is 2.32. The highest BCUT2D eigenvalue weighted by Crippen LogP contribution is 2.37. The Bertz CT molecular complexity index is 677. The molecule has 2 heterocycles.